The molecule has 2 aliphatic rings. The fourth-order valence-electron chi connectivity index (χ4n) is 4.61. The first-order valence-electron chi connectivity index (χ1n) is 13.7. The van der Waals surface area contributed by atoms with Gasteiger partial charge >= 0.3 is 0 Å². The Morgan fingerprint density at radius 3 is 1.46 bits per heavy atom. The van der Waals surface area contributed by atoms with Crippen LogP contribution in [0.4, 0.5) is 0 Å². The highest BCUT2D eigenvalue weighted by Crippen LogP contribution is 2.20. The molecule has 37 heavy (non-hydrogen) atoms. The van der Waals surface area contributed by atoms with Gasteiger partial charge in [-0.1, -0.05) is 60.7 Å². The van der Waals surface area contributed by atoms with Gasteiger partial charge in [-0.15, -0.1) is 0 Å². The number of rotatable bonds is 16. The Bertz CT molecular complexity index is 765. The normalized spacial score (nSPS) is 24.2. The Kier molecular flexibility index (Phi) is 12.9. The van der Waals surface area contributed by atoms with Crippen LogP contribution in [0.3, 0.4) is 0 Å². The Morgan fingerprint density at radius 2 is 1.00 bits per heavy atom. The Labute approximate surface area is 221 Å². The summed E-state index contributed by atoms with van der Waals surface area (Å²) in [6, 6.07) is 20.5. The standard InChI is InChI=1S/C30H42O7/c1-3-9-25(10-4-1)21-36-27-13-7-15-34-29(27)23-32-19-17-31-18-20-33-24-30-28(14-8-16-35-30)37-22-26-11-5-2-6-12-26/h1-6,9-12,27-30H,7-8,13-24H2/t27-,28-,29-,30-/m1/s1. The van der Waals surface area contributed by atoms with Gasteiger partial charge in [0, 0.05) is 13.2 Å². The smallest absolute Gasteiger partial charge is 0.107 e. The molecule has 2 fully saturated rings. The minimum Gasteiger partial charge on any atom is -0.377 e. The first-order valence-corrected chi connectivity index (χ1v) is 13.7. The molecule has 7 heteroatoms. The number of hydrogen-bond donors (Lipinski definition) is 0. The summed E-state index contributed by atoms with van der Waals surface area (Å²) in [6.07, 6.45) is 4.09. The Morgan fingerprint density at radius 1 is 0.568 bits per heavy atom. The van der Waals surface area contributed by atoms with E-state index < -0.39 is 0 Å². The van der Waals surface area contributed by atoms with Crippen molar-refractivity contribution in [2.45, 2.75) is 63.3 Å². The molecule has 0 aromatic heterocycles. The van der Waals surface area contributed by atoms with Crippen LogP contribution >= 0.6 is 0 Å². The van der Waals surface area contributed by atoms with Crippen molar-refractivity contribution in [2.75, 3.05) is 52.9 Å². The van der Waals surface area contributed by atoms with Crippen molar-refractivity contribution >= 4 is 0 Å². The molecular formula is C30H42O7. The second-order valence-corrected chi connectivity index (χ2v) is 9.54. The van der Waals surface area contributed by atoms with Gasteiger partial charge in [-0.2, -0.15) is 0 Å². The average molecular weight is 515 g/mol. The Balaban J connectivity index is 1.02. The summed E-state index contributed by atoms with van der Waals surface area (Å²) >= 11 is 0. The van der Waals surface area contributed by atoms with Gasteiger partial charge in [0.1, 0.15) is 12.2 Å². The molecule has 0 unspecified atom stereocenters. The predicted molar refractivity (Wildman–Crippen MR) is 140 cm³/mol. The van der Waals surface area contributed by atoms with Crippen molar-refractivity contribution in [2.24, 2.45) is 0 Å². The fourth-order valence-corrected chi connectivity index (χ4v) is 4.61. The van der Waals surface area contributed by atoms with Gasteiger partial charge < -0.3 is 33.2 Å². The van der Waals surface area contributed by atoms with Gasteiger partial charge in [0.25, 0.3) is 0 Å². The van der Waals surface area contributed by atoms with Crippen LogP contribution in [0, 0.1) is 0 Å². The fraction of sp³-hybridized carbons (Fsp3) is 0.600. The number of benzene rings is 2. The highest BCUT2D eigenvalue weighted by molar-refractivity contribution is 5.14. The van der Waals surface area contributed by atoms with Gasteiger partial charge in [0.2, 0.25) is 0 Å². The molecule has 2 aliphatic heterocycles. The van der Waals surface area contributed by atoms with Gasteiger partial charge in [-0.3, -0.25) is 0 Å². The molecule has 0 bridgehead atoms. The van der Waals surface area contributed by atoms with Crippen LogP contribution in [0.25, 0.3) is 0 Å². The van der Waals surface area contributed by atoms with Crippen molar-refractivity contribution in [3.05, 3.63) is 71.8 Å². The molecule has 2 aromatic rings. The van der Waals surface area contributed by atoms with Crippen molar-refractivity contribution in [3.8, 4) is 0 Å². The lowest BCUT2D eigenvalue weighted by Crippen LogP contribution is -2.40. The summed E-state index contributed by atoms with van der Waals surface area (Å²) in [6.45, 7) is 5.83. The topological polar surface area (TPSA) is 64.6 Å². The zero-order valence-electron chi connectivity index (χ0n) is 21.8. The maximum Gasteiger partial charge on any atom is 0.107 e. The molecule has 4 atom stereocenters. The summed E-state index contributed by atoms with van der Waals surface area (Å²) < 4.78 is 41.4. The average Bonchev–Trinajstić information content (AvgIpc) is 2.96. The van der Waals surface area contributed by atoms with Gasteiger partial charge in [0.15, 0.2) is 0 Å². The molecule has 0 N–H and O–H groups in total. The maximum absolute atomic E-state index is 6.13. The van der Waals surface area contributed by atoms with Crippen LogP contribution in [-0.4, -0.2) is 77.3 Å². The first-order chi connectivity index (χ1) is 18.4. The van der Waals surface area contributed by atoms with Crippen LogP contribution in [0.15, 0.2) is 60.7 Å². The molecule has 2 saturated heterocycles. The maximum atomic E-state index is 6.13. The molecule has 0 aliphatic carbocycles. The molecule has 2 heterocycles. The summed E-state index contributed by atoms with van der Waals surface area (Å²) in [7, 11) is 0. The number of hydrogen-bond acceptors (Lipinski definition) is 7. The van der Waals surface area contributed by atoms with Crippen LogP contribution < -0.4 is 0 Å². The van der Waals surface area contributed by atoms with E-state index in [1.165, 1.54) is 11.1 Å². The quantitative estimate of drug-likeness (QED) is 0.304. The lowest BCUT2D eigenvalue weighted by atomic mass is 10.1. The van der Waals surface area contributed by atoms with E-state index in [1.807, 2.05) is 36.4 Å². The van der Waals surface area contributed by atoms with E-state index in [1.54, 1.807) is 0 Å². The minimum atomic E-state index is -0.0339. The van der Waals surface area contributed by atoms with E-state index in [0.29, 0.717) is 52.9 Å². The SMILES string of the molecule is c1ccc(CO[C@@H]2CCCO[C@@H]2COCCOCCOC[C@H]2OCCC[C@H]2OCc2ccccc2)cc1. The highest BCUT2D eigenvalue weighted by atomic mass is 16.6. The van der Waals surface area contributed by atoms with Crippen molar-refractivity contribution < 1.29 is 33.2 Å². The molecule has 0 radical (unpaired) electrons. The molecule has 0 amide bonds. The molecular weight excluding hydrogens is 472 g/mol. The summed E-state index contributed by atoms with van der Waals surface area (Å²) in [5, 5.41) is 0. The largest absolute Gasteiger partial charge is 0.377 e. The van der Waals surface area contributed by atoms with Crippen LogP contribution in [0.2, 0.25) is 0 Å². The Hall–Kier alpha value is -1.84. The molecule has 7 nitrogen and oxygen atoms in total. The molecule has 4 rings (SSSR count). The number of ether oxygens (including phenoxy) is 7. The van der Waals surface area contributed by atoms with E-state index >= 15 is 0 Å². The monoisotopic (exact) mass is 514 g/mol. The summed E-state index contributed by atoms with van der Waals surface area (Å²) in [5.41, 5.74) is 2.35. The van der Waals surface area contributed by atoms with Crippen LogP contribution in [-0.2, 0) is 46.4 Å². The van der Waals surface area contributed by atoms with Gasteiger partial charge in [0.05, 0.1) is 65.1 Å². The third-order valence-corrected chi connectivity index (χ3v) is 6.68. The first kappa shape index (κ1) is 28.2. The summed E-state index contributed by atoms with van der Waals surface area (Å²) in [5.74, 6) is 0. The van der Waals surface area contributed by atoms with E-state index in [9.17, 15) is 0 Å². The van der Waals surface area contributed by atoms with E-state index in [4.69, 9.17) is 33.2 Å². The minimum absolute atomic E-state index is 0.0339. The molecule has 0 saturated carbocycles. The zero-order valence-corrected chi connectivity index (χ0v) is 21.8. The van der Waals surface area contributed by atoms with Crippen LogP contribution in [0.1, 0.15) is 36.8 Å². The molecule has 0 spiro atoms. The van der Waals surface area contributed by atoms with Crippen molar-refractivity contribution in [1.29, 1.82) is 0 Å². The van der Waals surface area contributed by atoms with E-state index in [0.717, 1.165) is 38.9 Å². The van der Waals surface area contributed by atoms with Gasteiger partial charge in [-0.25, -0.2) is 0 Å². The third kappa shape index (κ3) is 10.4. The summed E-state index contributed by atoms with van der Waals surface area (Å²) in [4.78, 5) is 0. The van der Waals surface area contributed by atoms with Crippen molar-refractivity contribution in [1.82, 2.24) is 0 Å². The van der Waals surface area contributed by atoms with Crippen LogP contribution in [0.5, 0.6) is 0 Å². The molecule has 204 valence electrons. The van der Waals surface area contributed by atoms with E-state index in [-0.39, 0.29) is 24.4 Å². The second-order valence-electron chi connectivity index (χ2n) is 9.54. The lowest BCUT2D eigenvalue weighted by molar-refractivity contribution is -0.141. The molecule has 2 aromatic carbocycles. The zero-order chi connectivity index (χ0) is 25.4. The highest BCUT2D eigenvalue weighted by Gasteiger charge is 2.28. The third-order valence-electron chi connectivity index (χ3n) is 6.68. The lowest BCUT2D eigenvalue weighted by Gasteiger charge is -2.31. The predicted octanol–water partition coefficient (Wildman–Crippen LogP) is 4.57. The van der Waals surface area contributed by atoms with Crippen molar-refractivity contribution in [3.63, 3.8) is 0 Å². The van der Waals surface area contributed by atoms with Gasteiger partial charge in [-0.05, 0) is 36.8 Å². The van der Waals surface area contributed by atoms with E-state index in [2.05, 4.69) is 24.3 Å². The second kappa shape index (κ2) is 16.9.